The zero-order valence-corrected chi connectivity index (χ0v) is 18.1. The molecule has 0 bridgehead atoms. The summed E-state index contributed by atoms with van der Waals surface area (Å²) in [6, 6.07) is 2.31. The number of urea groups is 1. The number of nitrogens with zero attached hydrogens (tertiary/aromatic N) is 4. The summed E-state index contributed by atoms with van der Waals surface area (Å²) in [5.41, 5.74) is 0.161. The highest BCUT2D eigenvalue weighted by Gasteiger charge is 2.41. The molecule has 4 rings (SSSR count). The van der Waals surface area contributed by atoms with E-state index in [1.54, 1.807) is 6.92 Å². The van der Waals surface area contributed by atoms with E-state index in [-0.39, 0.29) is 42.9 Å². The van der Waals surface area contributed by atoms with Crippen molar-refractivity contribution in [2.24, 2.45) is 0 Å². The predicted octanol–water partition coefficient (Wildman–Crippen LogP) is 4.74. The average Bonchev–Trinajstić information content (AvgIpc) is 3.16. The summed E-state index contributed by atoms with van der Waals surface area (Å²) in [7, 11) is 0. The first-order chi connectivity index (χ1) is 15.6. The average molecular weight is 492 g/mol. The molecule has 2 aliphatic heterocycles. The molecule has 3 heterocycles. The maximum absolute atomic E-state index is 14.6. The van der Waals surface area contributed by atoms with Gasteiger partial charge in [0.1, 0.15) is 18.2 Å². The van der Waals surface area contributed by atoms with Crippen LogP contribution >= 0.6 is 11.6 Å². The standard InChI is InChI=1S/C20H19ClF5N5O2/c1-10(11-3-2-4-12(15(11)22)16(23)24)27-17-13-7-31(8-14(13)28-18(21)29-17)19(32)30-5-6-33-20(25,26)9-30/h2-4,10,16H,5-9H2,1H3,(H,27,28,29)/t10-/m1/s1. The molecule has 0 aliphatic carbocycles. The number of anilines is 1. The fourth-order valence-corrected chi connectivity index (χ4v) is 4.04. The zero-order chi connectivity index (χ0) is 23.9. The summed E-state index contributed by atoms with van der Waals surface area (Å²) in [6.07, 6.45) is -6.40. The van der Waals surface area contributed by atoms with Crippen molar-refractivity contribution in [1.29, 1.82) is 0 Å². The van der Waals surface area contributed by atoms with Crippen LogP contribution in [0, 0.1) is 5.82 Å². The SMILES string of the molecule is C[C@@H](Nc1nc(Cl)nc2c1CN(C(=O)N1CCOC(F)(F)C1)C2)c1cccc(C(F)F)c1F. The first kappa shape index (κ1) is 23.4. The van der Waals surface area contributed by atoms with E-state index in [1.165, 1.54) is 17.0 Å². The third-order valence-electron chi connectivity index (χ3n) is 5.46. The second-order valence-corrected chi connectivity index (χ2v) is 8.07. The van der Waals surface area contributed by atoms with Crippen molar-refractivity contribution in [1.82, 2.24) is 19.8 Å². The highest BCUT2D eigenvalue weighted by atomic mass is 35.5. The highest BCUT2D eigenvalue weighted by Crippen LogP contribution is 2.33. The monoisotopic (exact) mass is 491 g/mol. The molecule has 7 nitrogen and oxygen atoms in total. The second-order valence-electron chi connectivity index (χ2n) is 7.73. The fraction of sp³-hybridized carbons (Fsp3) is 0.450. The van der Waals surface area contributed by atoms with E-state index < -0.39 is 42.5 Å². The van der Waals surface area contributed by atoms with E-state index in [0.717, 1.165) is 11.0 Å². The molecule has 0 spiro atoms. The number of hydrogen-bond acceptors (Lipinski definition) is 5. The van der Waals surface area contributed by atoms with Crippen molar-refractivity contribution in [2.75, 3.05) is 25.0 Å². The predicted molar refractivity (Wildman–Crippen MR) is 108 cm³/mol. The minimum Gasteiger partial charge on any atom is -0.363 e. The maximum atomic E-state index is 14.6. The van der Waals surface area contributed by atoms with Gasteiger partial charge in [-0.1, -0.05) is 18.2 Å². The lowest BCUT2D eigenvalue weighted by Gasteiger charge is -2.34. The van der Waals surface area contributed by atoms with Gasteiger partial charge in [-0.15, -0.1) is 0 Å². The largest absolute Gasteiger partial charge is 0.373 e. The van der Waals surface area contributed by atoms with Crippen LogP contribution in [0.2, 0.25) is 5.28 Å². The van der Waals surface area contributed by atoms with E-state index in [0.29, 0.717) is 11.3 Å². The molecule has 0 radical (unpaired) electrons. The van der Waals surface area contributed by atoms with E-state index in [2.05, 4.69) is 20.0 Å². The summed E-state index contributed by atoms with van der Waals surface area (Å²) in [5.74, 6) is -0.837. The van der Waals surface area contributed by atoms with E-state index >= 15 is 0 Å². The molecule has 2 amide bonds. The Labute approximate surface area is 190 Å². The normalized spacial score (nSPS) is 18.4. The van der Waals surface area contributed by atoms with Crippen LogP contribution in [-0.2, 0) is 17.8 Å². The lowest BCUT2D eigenvalue weighted by Crippen LogP contribution is -2.52. The van der Waals surface area contributed by atoms with Gasteiger partial charge in [-0.05, 0) is 18.5 Å². The van der Waals surface area contributed by atoms with Gasteiger partial charge in [-0.2, -0.15) is 8.78 Å². The number of carbonyl (C=O) groups excluding carboxylic acids is 1. The Hall–Kier alpha value is -2.73. The molecule has 0 saturated carbocycles. The van der Waals surface area contributed by atoms with Crippen molar-refractivity contribution in [3.63, 3.8) is 0 Å². The van der Waals surface area contributed by atoms with Crippen molar-refractivity contribution in [3.8, 4) is 0 Å². The lowest BCUT2D eigenvalue weighted by molar-refractivity contribution is -0.264. The van der Waals surface area contributed by atoms with Crippen LogP contribution in [0.3, 0.4) is 0 Å². The molecular weight excluding hydrogens is 473 g/mol. The Morgan fingerprint density at radius 2 is 1.94 bits per heavy atom. The van der Waals surface area contributed by atoms with Crippen LogP contribution in [0.5, 0.6) is 0 Å². The van der Waals surface area contributed by atoms with E-state index in [1.807, 2.05) is 0 Å². The fourth-order valence-electron chi connectivity index (χ4n) is 3.85. The molecule has 178 valence electrons. The van der Waals surface area contributed by atoms with Crippen LogP contribution in [0.1, 0.15) is 41.8 Å². The first-order valence-electron chi connectivity index (χ1n) is 9.99. The van der Waals surface area contributed by atoms with Crippen LogP contribution < -0.4 is 5.32 Å². The number of aromatic nitrogens is 2. The van der Waals surface area contributed by atoms with Crippen LogP contribution in [0.15, 0.2) is 18.2 Å². The lowest BCUT2D eigenvalue weighted by atomic mass is 10.0. The number of ether oxygens (including phenoxy) is 1. The molecule has 0 unspecified atom stereocenters. The maximum Gasteiger partial charge on any atom is 0.373 e. The van der Waals surface area contributed by atoms with E-state index in [4.69, 9.17) is 11.6 Å². The number of halogens is 6. The van der Waals surface area contributed by atoms with E-state index in [9.17, 15) is 26.7 Å². The number of fused-ring (bicyclic) bond motifs is 1. The topological polar surface area (TPSA) is 70.6 Å². The number of rotatable bonds is 4. The molecule has 1 aromatic heterocycles. The van der Waals surface area contributed by atoms with Crippen molar-refractivity contribution in [3.05, 3.63) is 51.7 Å². The number of alkyl halides is 4. The summed E-state index contributed by atoms with van der Waals surface area (Å²) < 4.78 is 72.1. The Balaban J connectivity index is 1.55. The molecule has 1 N–H and O–H groups in total. The zero-order valence-electron chi connectivity index (χ0n) is 17.3. The third-order valence-corrected chi connectivity index (χ3v) is 5.63. The molecule has 13 heteroatoms. The minimum absolute atomic E-state index is 0.00207. The van der Waals surface area contributed by atoms with Crippen molar-refractivity contribution >= 4 is 23.4 Å². The molecule has 1 fully saturated rings. The number of morpholine rings is 1. The number of amides is 2. The van der Waals surface area contributed by atoms with Gasteiger partial charge in [-0.25, -0.2) is 27.9 Å². The molecule has 33 heavy (non-hydrogen) atoms. The molecular formula is C20H19ClF5N5O2. The Morgan fingerprint density at radius 1 is 1.21 bits per heavy atom. The summed E-state index contributed by atoms with van der Waals surface area (Å²) in [4.78, 5) is 23.3. The summed E-state index contributed by atoms with van der Waals surface area (Å²) >= 11 is 6.00. The summed E-state index contributed by atoms with van der Waals surface area (Å²) in [5, 5.41) is 2.81. The van der Waals surface area contributed by atoms with Crippen molar-refractivity contribution in [2.45, 2.75) is 38.6 Å². The quantitative estimate of drug-likeness (QED) is 0.494. The number of nitrogens with one attached hydrogen (secondary N) is 1. The minimum atomic E-state index is -3.43. The molecule has 2 aliphatic rings. The van der Waals surface area contributed by atoms with Gasteiger partial charge in [-0.3, -0.25) is 0 Å². The van der Waals surface area contributed by atoms with Crippen LogP contribution in [-0.4, -0.2) is 51.6 Å². The van der Waals surface area contributed by atoms with Crippen LogP contribution in [0.4, 0.5) is 32.6 Å². The van der Waals surface area contributed by atoms with Gasteiger partial charge < -0.3 is 19.9 Å². The third kappa shape index (κ3) is 4.81. The van der Waals surface area contributed by atoms with Gasteiger partial charge in [0.25, 0.3) is 6.43 Å². The summed E-state index contributed by atoms with van der Waals surface area (Å²) in [6.45, 7) is 0.422. The number of benzene rings is 1. The van der Waals surface area contributed by atoms with Gasteiger partial charge >= 0.3 is 12.1 Å². The van der Waals surface area contributed by atoms with Crippen molar-refractivity contribution < 1.29 is 31.5 Å². The molecule has 1 aromatic carbocycles. The smallest absolute Gasteiger partial charge is 0.363 e. The molecule has 1 atom stereocenters. The van der Waals surface area contributed by atoms with Gasteiger partial charge in [0, 0.05) is 17.7 Å². The Kier molecular flexibility index (Phi) is 6.32. The Morgan fingerprint density at radius 3 is 2.64 bits per heavy atom. The number of hydrogen-bond donors (Lipinski definition) is 1. The van der Waals surface area contributed by atoms with Gasteiger partial charge in [0.2, 0.25) is 5.28 Å². The second kappa shape index (κ2) is 8.90. The van der Waals surface area contributed by atoms with Crippen LogP contribution in [0.25, 0.3) is 0 Å². The first-order valence-corrected chi connectivity index (χ1v) is 10.4. The van der Waals surface area contributed by atoms with Gasteiger partial charge in [0.05, 0.1) is 37.0 Å². The highest BCUT2D eigenvalue weighted by molar-refractivity contribution is 6.28. The van der Waals surface area contributed by atoms with Gasteiger partial charge in [0.15, 0.2) is 0 Å². The molecule has 2 aromatic rings. The Bertz CT molecular complexity index is 1070. The molecule has 1 saturated heterocycles. The number of carbonyl (C=O) groups is 1.